The van der Waals surface area contributed by atoms with Gasteiger partial charge in [-0.3, -0.25) is 0 Å². The van der Waals surface area contributed by atoms with Crippen LogP contribution in [0.3, 0.4) is 0 Å². The van der Waals surface area contributed by atoms with Crippen molar-refractivity contribution in [3.05, 3.63) is 30.0 Å². The Hall–Kier alpha value is -1.35. The fraction of sp³-hybridized carbons (Fsp3) is 0.417. The Morgan fingerprint density at radius 1 is 1.33 bits per heavy atom. The van der Waals surface area contributed by atoms with Gasteiger partial charge in [-0.2, -0.15) is 0 Å². The first kappa shape index (κ1) is 8.92. The van der Waals surface area contributed by atoms with Crippen LogP contribution in [-0.2, 0) is 0 Å². The van der Waals surface area contributed by atoms with Crippen molar-refractivity contribution in [2.24, 2.45) is 0 Å². The van der Waals surface area contributed by atoms with Crippen molar-refractivity contribution in [3.63, 3.8) is 0 Å². The molecular formula is C12H14N2O. The van der Waals surface area contributed by atoms with Crippen molar-refractivity contribution >= 4 is 10.9 Å². The Bertz CT molecular complexity index is 457. The number of piperidine rings is 1. The first-order chi connectivity index (χ1) is 7.43. The standard InChI is InChI=1S/C12H14N2O/c1-2-6-13-11(3-1)9-4-5-10-8-15-14-12(10)7-9/h4-5,7-8,11,13H,1-3,6H2. The molecule has 1 aromatic carbocycles. The van der Waals surface area contributed by atoms with E-state index in [1.54, 1.807) is 6.26 Å². The fourth-order valence-electron chi connectivity index (χ4n) is 2.23. The molecule has 2 aromatic rings. The molecule has 0 bridgehead atoms. The van der Waals surface area contributed by atoms with E-state index in [4.69, 9.17) is 4.52 Å². The van der Waals surface area contributed by atoms with E-state index < -0.39 is 0 Å². The summed E-state index contributed by atoms with van der Waals surface area (Å²) in [6, 6.07) is 6.88. The minimum atomic E-state index is 0.500. The Labute approximate surface area is 88.4 Å². The summed E-state index contributed by atoms with van der Waals surface area (Å²) in [7, 11) is 0. The molecule has 1 atom stereocenters. The Balaban J connectivity index is 1.95. The summed E-state index contributed by atoms with van der Waals surface area (Å²) in [5.41, 5.74) is 2.29. The summed E-state index contributed by atoms with van der Waals surface area (Å²) in [6.45, 7) is 1.13. The van der Waals surface area contributed by atoms with Crippen molar-refractivity contribution in [1.82, 2.24) is 10.5 Å². The van der Waals surface area contributed by atoms with Gasteiger partial charge in [-0.15, -0.1) is 0 Å². The van der Waals surface area contributed by atoms with Crippen LogP contribution in [0, 0.1) is 0 Å². The summed E-state index contributed by atoms with van der Waals surface area (Å²) < 4.78 is 4.94. The van der Waals surface area contributed by atoms with Crippen LogP contribution in [0.25, 0.3) is 10.9 Å². The second-order valence-electron chi connectivity index (χ2n) is 4.14. The normalized spacial score (nSPS) is 22.0. The lowest BCUT2D eigenvalue weighted by molar-refractivity contribution is 0.412. The number of hydrogen-bond acceptors (Lipinski definition) is 3. The first-order valence-electron chi connectivity index (χ1n) is 5.51. The van der Waals surface area contributed by atoms with Crippen LogP contribution in [0.2, 0.25) is 0 Å². The molecule has 78 valence electrons. The maximum atomic E-state index is 4.94. The van der Waals surface area contributed by atoms with E-state index in [0.29, 0.717) is 6.04 Å². The maximum absolute atomic E-state index is 4.94. The highest BCUT2D eigenvalue weighted by atomic mass is 16.5. The Morgan fingerprint density at radius 2 is 2.33 bits per heavy atom. The van der Waals surface area contributed by atoms with Crippen molar-refractivity contribution in [2.45, 2.75) is 25.3 Å². The van der Waals surface area contributed by atoms with Crippen molar-refractivity contribution < 1.29 is 4.52 Å². The third kappa shape index (κ3) is 1.63. The SMILES string of the molecule is c1cc2conc2cc1C1CCCCN1. The molecule has 1 fully saturated rings. The second-order valence-corrected chi connectivity index (χ2v) is 4.14. The average molecular weight is 202 g/mol. The van der Waals surface area contributed by atoms with Crippen molar-refractivity contribution in [3.8, 4) is 0 Å². The average Bonchev–Trinajstić information content (AvgIpc) is 2.77. The molecule has 0 amide bonds. The molecule has 1 N–H and O–H groups in total. The molecule has 0 spiro atoms. The number of benzene rings is 1. The predicted octanol–water partition coefficient (Wildman–Crippen LogP) is 2.64. The largest absolute Gasteiger partial charge is 0.364 e. The lowest BCUT2D eigenvalue weighted by Crippen LogP contribution is -2.26. The molecule has 0 saturated carbocycles. The van der Waals surface area contributed by atoms with Crippen LogP contribution in [0.15, 0.2) is 29.0 Å². The van der Waals surface area contributed by atoms with Crippen LogP contribution in [0.4, 0.5) is 0 Å². The molecule has 1 unspecified atom stereocenters. The smallest absolute Gasteiger partial charge is 0.131 e. The molecule has 1 aliphatic heterocycles. The number of nitrogens with one attached hydrogen (secondary N) is 1. The van der Waals surface area contributed by atoms with E-state index in [1.165, 1.54) is 24.8 Å². The molecule has 3 rings (SSSR count). The number of nitrogens with zero attached hydrogens (tertiary/aromatic N) is 1. The maximum Gasteiger partial charge on any atom is 0.131 e. The number of fused-ring (bicyclic) bond motifs is 1. The van der Waals surface area contributed by atoms with E-state index in [9.17, 15) is 0 Å². The highest BCUT2D eigenvalue weighted by molar-refractivity contribution is 5.77. The molecule has 1 aliphatic rings. The van der Waals surface area contributed by atoms with Crippen LogP contribution in [0.1, 0.15) is 30.9 Å². The Morgan fingerprint density at radius 3 is 3.20 bits per heavy atom. The van der Waals surface area contributed by atoms with Gasteiger partial charge in [0.05, 0.1) is 0 Å². The zero-order chi connectivity index (χ0) is 10.1. The number of rotatable bonds is 1. The van der Waals surface area contributed by atoms with Crippen molar-refractivity contribution in [2.75, 3.05) is 6.54 Å². The van der Waals surface area contributed by atoms with Crippen LogP contribution >= 0.6 is 0 Å². The van der Waals surface area contributed by atoms with E-state index >= 15 is 0 Å². The lowest BCUT2D eigenvalue weighted by atomic mass is 9.97. The van der Waals surface area contributed by atoms with Gasteiger partial charge in [0.15, 0.2) is 0 Å². The van der Waals surface area contributed by atoms with Crippen molar-refractivity contribution in [1.29, 1.82) is 0 Å². The highest BCUT2D eigenvalue weighted by Crippen LogP contribution is 2.25. The van der Waals surface area contributed by atoms with Gasteiger partial charge in [0.25, 0.3) is 0 Å². The van der Waals surface area contributed by atoms with Crippen LogP contribution in [0.5, 0.6) is 0 Å². The summed E-state index contributed by atoms with van der Waals surface area (Å²) in [4.78, 5) is 0. The van der Waals surface area contributed by atoms with E-state index in [0.717, 1.165) is 17.4 Å². The van der Waals surface area contributed by atoms with Gasteiger partial charge >= 0.3 is 0 Å². The van der Waals surface area contributed by atoms with Gasteiger partial charge in [-0.05, 0) is 37.1 Å². The molecule has 0 aliphatic carbocycles. The third-order valence-electron chi connectivity index (χ3n) is 3.10. The highest BCUT2D eigenvalue weighted by Gasteiger charge is 2.15. The van der Waals surface area contributed by atoms with E-state index in [-0.39, 0.29) is 0 Å². The number of hydrogen-bond donors (Lipinski definition) is 1. The third-order valence-corrected chi connectivity index (χ3v) is 3.10. The fourth-order valence-corrected chi connectivity index (χ4v) is 2.23. The van der Waals surface area contributed by atoms with Gasteiger partial charge in [0, 0.05) is 11.4 Å². The zero-order valence-corrected chi connectivity index (χ0v) is 8.57. The molecule has 1 aromatic heterocycles. The monoisotopic (exact) mass is 202 g/mol. The first-order valence-corrected chi connectivity index (χ1v) is 5.51. The summed E-state index contributed by atoms with van der Waals surface area (Å²) in [5, 5.41) is 8.58. The second kappa shape index (κ2) is 3.66. The van der Waals surface area contributed by atoms with Gasteiger partial charge in [-0.25, -0.2) is 0 Å². The zero-order valence-electron chi connectivity index (χ0n) is 8.57. The van der Waals surface area contributed by atoms with Gasteiger partial charge in [-0.1, -0.05) is 17.6 Å². The molecule has 15 heavy (non-hydrogen) atoms. The minimum Gasteiger partial charge on any atom is -0.364 e. The van der Waals surface area contributed by atoms with Gasteiger partial charge in [0.1, 0.15) is 11.8 Å². The van der Waals surface area contributed by atoms with Gasteiger partial charge in [0.2, 0.25) is 0 Å². The molecular weight excluding hydrogens is 188 g/mol. The molecule has 3 nitrogen and oxygen atoms in total. The number of aromatic nitrogens is 1. The van der Waals surface area contributed by atoms with E-state index in [2.05, 4.69) is 28.7 Å². The summed E-state index contributed by atoms with van der Waals surface area (Å²) in [5.74, 6) is 0. The minimum absolute atomic E-state index is 0.500. The quantitative estimate of drug-likeness (QED) is 0.772. The van der Waals surface area contributed by atoms with Crippen LogP contribution in [-0.4, -0.2) is 11.7 Å². The lowest BCUT2D eigenvalue weighted by Gasteiger charge is -2.23. The predicted molar refractivity (Wildman–Crippen MR) is 58.6 cm³/mol. The summed E-state index contributed by atoms with van der Waals surface area (Å²) in [6.07, 6.45) is 5.52. The molecule has 1 saturated heterocycles. The topological polar surface area (TPSA) is 38.1 Å². The molecule has 2 heterocycles. The van der Waals surface area contributed by atoms with E-state index in [1.807, 2.05) is 0 Å². The molecule has 0 radical (unpaired) electrons. The molecule has 3 heteroatoms. The summed E-state index contributed by atoms with van der Waals surface area (Å²) >= 11 is 0. The Kier molecular flexibility index (Phi) is 2.18. The van der Waals surface area contributed by atoms with Crippen LogP contribution < -0.4 is 5.32 Å². The van der Waals surface area contributed by atoms with Gasteiger partial charge < -0.3 is 9.84 Å².